The van der Waals surface area contributed by atoms with E-state index >= 15 is 0 Å². The van der Waals surface area contributed by atoms with Crippen LogP contribution in [0, 0.1) is 5.41 Å². The van der Waals surface area contributed by atoms with Gasteiger partial charge >= 0.3 is 5.97 Å². The second kappa shape index (κ2) is 8.67. The molecule has 4 heteroatoms. The number of rotatable bonds is 10. The molecule has 0 fully saturated rings. The zero-order chi connectivity index (χ0) is 15.7. The normalized spacial score (nSPS) is 11.4. The average Bonchev–Trinajstić information content (AvgIpc) is 2.43. The SMILES string of the molecule is CCOc1ccccc1CNCCC(C)(C)CCC(=O)O. The first kappa shape index (κ1) is 17.5. The Kier molecular flexibility index (Phi) is 7.23. The molecule has 0 saturated heterocycles. The van der Waals surface area contributed by atoms with Crippen molar-refractivity contribution in [1.82, 2.24) is 5.32 Å². The second-order valence-electron chi connectivity index (χ2n) is 6.03. The van der Waals surface area contributed by atoms with Crippen LogP contribution in [-0.2, 0) is 11.3 Å². The van der Waals surface area contributed by atoms with Gasteiger partial charge in [-0.3, -0.25) is 4.79 Å². The number of para-hydroxylation sites is 1. The first-order valence-corrected chi connectivity index (χ1v) is 7.58. The highest BCUT2D eigenvalue weighted by atomic mass is 16.5. The van der Waals surface area contributed by atoms with Crippen molar-refractivity contribution in [2.75, 3.05) is 13.2 Å². The molecule has 21 heavy (non-hydrogen) atoms. The van der Waals surface area contributed by atoms with E-state index in [-0.39, 0.29) is 11.8 Å². The number of aliphatic carboxylic acids is 1. The van der Waals surface area contributed by atoms with Gasteiger partial charge in [0.15, 0.2) is 0 Å². The lowest BCUT2D eigenvalue weighted by atomic mass is 9.84. The van der Waals surface area contributed by atoms with Gasteiger partial charge < -0.3 is 15.2 Å². The lowest BCUT2D eigenvalue weighted by Gasteiger charge is -2.24. The molecule has 0 aliphatic carbocycles. The number of carbonyl (C=O) groups is 1. The summed E-state index contributed by atoms with van der Waals surface area (Å²) >= 11 is 0. The minimum absolute atomic E-state index is 0.0465. The molecule has 0 radical (unpaired) electrons. The second-order valence-corrected chi connectivity index (χ2v) is 6.03. The third kappa shape index (κ3) is 7.14. The number of benzene rings is 1. The summed E-state index contributed by atoms with van der Waals surface area (Å²) in [6.07, 6.45) is 1.90. The molecule has 1 aromatic carbocycles. The van der Waals surface area contributed by atoms with Crippen LogP contribution in [-0.4, -0.2) is 24.2 Å². The van der Waals surface area contributed by atoms with Crippen molar-refractivity contribution in [2.24, 2.45) is 5.41 Å². The number of nitrogens with one attached hydrogen (secondary N) is 1. The van der Waals surface area contributed by atoms with E-state index in [2.05, 4.69) is 25.2 Å². The molecule has 0 amide bonds. The predicted octanol–water partition coefficient (Wildman–Crippen LogP) is 3.46. The molecule has 0 aliphatic rings. The molecule has 0 atom stereocenters. The fourth-order valence-electron chi connectivity index (χ4n) is 2.17. The maximum absolute atomic E-state index is 10.6. The third-order valence-corrected chi connectivity index (χ3v) is 3.58. The zero-order valence-corrected chi connectivity index (χ0v) is 13.3. The summed E-state index contributed by atoms with van der Waals surface area (Å²) in [5.74, 6) is 0.208. The largest absolute Gasteiger partial charge is 0.494 e. The van der Waals surface area contributed by atoms with Crippen LogP contribution in [0.5, 0.6) is 5.75 Å². The van der Waals surface area contributed by atoms with Crippen molar-refractivity contribution in [3.8, 4) is 5.75 Å². The van der Waals surface area contributed by atoms with Gasteiger partial charge in [0.25, 0.3) is 0 Å². The quantitative estimate of drug-likeness (QED) is 0.649. The summed E-state index contributed by atoms with van der Waals surface area (Å²) in [4.78, 5) is 10.6. The molecular formula is C17H27NO3. The van der Waals surface area contributed by atoms with Crippen molar-refractivity contribution >= 4 is 5.97 Å². The Morgan fingerprint density at radius 2 is 2.00 bits per heavy atom. The number of hydrogen-bond acceptors (Lipinski definition) is 3. The fraction of sp³-hybridized carbons (Fsp3) is 0.588. The molecule has 118 valence electrons. The van der Waals surface area contributed by atoms with Crippen LogP contribution in [0.3, 0.4) is 0 Å². The van der Waals surface area contributed by atoms with Crippen molar-refractivity contribution < 1.29 is 14.6 Å². The van der Waals surface area contributed by atoms with Gasteiger partial charge in [0.1, 0.15) is 5.75 Å². The first-order valence-electron chi connectivity index (χ1n) is 7.58. The monoisotopic (exact) mass is 293 g/mol. The van der Waals surface area contributed by atoms with E-state index in [1.807, 2.05) is 25.1 Å². The zero-order valence-electron chi connectivity index (χ0n) is 13.3. The molecule has 0 heterocycles. The summed E-state index contributed by atoms with van der Waals surface area (Å²) in [6, 6.07) is 8.03. The van der Waals surface area contributed by atoms with E-state index in [1.165, 1.54) is 0 Å². The highest BCUT2D eigenvalue weighted by molar-refractivity contribution is 5.66. The molecule has 0 aliphatic heterocycles. The van der Waals surface area contributed by atoms with Crippen LogP contribution >= 0.6 is 0 Å². The molecule has 0 unspecified atom stereocenters. The van der Waals surface area contributed by atoms with E-state index in [4.69, 9.17) is 9.84 Å². The Morgan fingerprint density at radius 3 is 2.67 bits per heavy atom. The maximum Gasteiger partial charge on any atom is 0.303 e. The third-order valence-electron chi connectivity index (χ3n) is 3.58. The van der Waals surface area contributed by atoms with Crippen LogP contribution in [0.2, 0.25) is 0 Å². The van der Waals surface area contributed by atoms with Crippen molar-refractivity contribution in [2.45, 2.75) is 46.6 Å². The molecule has 0 bridgehead atoms. The Bertz CT molecular complexity index is 443. The maximum atomic E-state index is 10.6. The number of carboxylic acid groups (broad SMARTS) is 1. The van der Waals surface area contributed by atoms with Crippen LogP contribution in [0.15, 0.2) is 24.3 Å². The van der Waals surface area contributed by atoms with E-state index < -0.39 is 5.97 Å². The van der Waals surface area contributed by atoms with Gasteiger partial charge in [-0.15, -0.1) is 0 Å². The summed E-state index contributed by atoms with van der Waals surface area (Å²) < 4.78 is 5.59. The van der Waals surface area contributed by atoms with Crippen LogP contribution < -0.4 is 10.1 Å². The van der Waals surface area contributed by atoms with E-state index in [0.29, 0.717) is 13.0 Å². The molecule has 1 rings (SSSR count). The van der Waals surface area contributed by atoms with Crippen molar-refractivity contribution in [1.29, 1.82) is 0 Å². The van der Waals surface area contributed by atoms with Gasteiger partial charge in [-0.25, -0.2) is 0 Å². The van der Waals surface area contributed by atoms with Crippen LogP contribution in [0.4, 0.5) is 0 Å². The first-order chi connectivity index (χ1) is 9.94. The van der Waals surface area contributed by atoms with Gasteiger partial charge in [0.05, 0.1) is 6.61 Å². The summed E-state index contributed by atoms with van der Waals surface area (Å²) in [7, 11) is 0. The van der Waals surface area contributed by atoms with Crippen molar-refractivity contribution in [3.05, 3.63) is 29.8 Å². The van der Waals surface area contributed by atoms with Crippen LogP contribution in [0.1, 0.15) is 45.6 Å². The molecular weight excluding hydrogens is 266 g/mol. The Morgan fingerprint density at radius 1 is 1.29 bits per heavy atom. The number of carboxylic acids is 1. The standard InChI is InChI=1S/C17H27NO3/c1-4-21-15-8-6-5-7-14(15)13-18-12-11-17(2,3)10-9-16(19)20/h5-8,18H,4,9-13H2,1-3H3,(H,19,20). The van der Waals surface area contributed by atoms with Crippen LogP contribution in [0.25, 0.3) is 0 Å². The highest BCUT2D eigenvalue weighted by Gasteiger charge is 2.18. The molecule has 4 nitrogen and oxygen atoms in total. The molecule has 0 saturated carbocycles. The van der Waals surface area contributed by atoms with Gasteiger partial charge in [0, 0.05) is 18.5 Å². The number of hydrogen-bond donors (Lipinski definition) is 2. The molecule has 0 spiro atoms. The molecule has 2 N–H and O–H groups in total. The minimum atomic E-state index is -0.721. The van der Waals surface area contributed by atoms with Gasteiger partial charge in [-0.05, 0) is 37.8 Å². The lowest BCUT2D eigenvalue weighted by Crippen LogP contribution is -2.23. The predicted molar refractivity (Wildman–Crippen MR) is 84.6 cm³/mol. The van der Waals surface area contributed by atoms with Gasteiger partial charge in [-0.2, -0.15) is 0 Å². The van der Waals surface area contributed by atoms with E-state index in [0.717, 1.165) is 30.8 Å². The van der Waals surface area contributed by atoms with E-state index in [9.17, 15) is 4.79 Å². The Balaban J connectivity index is 2.35. The van der Waals surface area contributed by atoms with Gasteiger partial charge in [-0.1, -0.05) is 32.0 Å². The topological polar surface area (TPSA) is 58.6 Å². The van der Waals surface area contributed by atoms with E-state index in [1.54, 1.807) is 0 Å². The van der Waals surface area contributed by atoms with Crippen molar-refractivity contribution in [3.63, 3.8) is 0 Å². The molecule has 0 aromatic heterocycles. The Labute approximate surface area is 127 Å². The average molecular weight is 293 g/mol. The number of ether oxygens (including phenoxy) is 1. The lowest BCUT2D eigenvalue weighted by molar-refractivity contribution is -0.137. The van der Waals surface area contributed by atoms with Gasteiger partial charge in [0.2, 0.25) is 0 Å². The fourth-order valence-corrected chi connectivity index (χ4v) is 2.17. The minimum Gasteiger partial charge on any atom is -0.494 e. The summed E-state index contributed by atoms with van der Waals surface area (Å²) in [6.45, 7) is 8.52. The smallest absolute Gasteiger partial charge is 0.303 e. The highest BCUT2D eigenvalue weighted by Crippen LogP contribution is 2.26. The molecule has 1 aromatic rings. The summed E-state index contributed by atoms with van der Waals surface area (Å²) in [5, 5.41) is 12.2. The summed E-state index contributed by atoms with van der Waals surface area (Å²) in [5.41, 5.74) is 1.20. The Hall–Kier alpha value is -1.55.